The monoisotopic (exact) mass is 454 g/mol. The predicted molar refractivity (Wildman–Crippen MR) is 120 cm³/mol. The van der Waals surface area contributed by atoms with Crippen molar-refractivity contribution in [1.82, 2.24) is 0 Å². The van der Waals surface area contributed by atoms with Gasteiger partial charge < -0.3 is 15.3 Å². The third kappa shape index (κ3) is 5.40. The number of fused-ring (bicyclic) bond motifs is 1. The van der Waals surface area contributed by atoms with Crippen molar-refractivity contribution in [1.29, 1.82) is 0 Å². The quantitative estimate of drug-likeness (QED) is 0.462. The predicted octanol–water partition coefficient (Wildman–Crippen LogP) is 5.78. The lowest BCUT2D eigenvalue weighted by atomic mass is 9.62. The lowest BCUT2D eigenvalue weighted by molar-refractivity contribution is -0.232. The van der Waals surface area contributed by atoms with Gasteiger partial charge in [0.15, 0.2) is 5.60 Å². The molecule has 0 aromatic heterocycles. The Balaban J connectivity index is 1.70. The van der Waals surface area contributed by atoms with Gasteiger partial charge in [0, 0.05) is 0 Å². The Kier molecular flexibility index (Phi) is 7.48. The van der Waals surface area contributed by atoms with E-state index in [1.807, 2.05) is 0 Å². The second-order valence-corrected chi connectivity index (χ2v) is 10.4. The summed E-state index contributed by atoms with van der Waals surface area (Å²) in [5, 5.41) is 29.5. The summed E-state index contributed by atoms with van der Waals surface area (Å²) in [5.74, 6) is 0.484. The molecule has 3 rings (SSSR count). The summed E-state index contributed by atoms with van der Waals surface area (Å²) in [6.45, 7) is 5.10. The summed E-state index contributed by atoms with van der Waals surface area (Å²) in [7, 11) is 0. The maximum atomic E-state index is 12.9. The van der Waals surface area contributed by atoms with Crippen LogP contribution in [0.2, 0.25) is 0 Å². The van der Waals surface area contributed by atoms with Gasteiger partial charge in [0.25, 0.3) is 0 Å². The molecule has 0 radical (unpaired) electrons. The van der Waals surface area contributed by atoms with Gasteiger partial charge in [-0.1, -0.05) is 54.9 Å². The highest BCUT2D eigenvalue weighted by molar-refractivity contribution is 5.35. The average Bonchev–Trinajstić information content (AvgIpc) is 3.02. The minimum atomic E-state index is -4.68. The van der Waals surface area contributed by atoms with Gasteiger partial charge in [-0.3, -0.25) is 0 Å². The Morgan fingerprint density at radius 3 is 2.47 bits per heavy atom. The Labute approximate surface area is 189 Å². The molecule has 0 saturated heterocycles. The summed E-state index contributed by atoms with van der Waals surface area (Å²) in [6.07, 6.45) is 9.41. The van der Waals surface area contributed by atoms with E-state index in [1.165, 1.54) is 17.2 Å². The molecule has 3 aliphatic rings. The van der Waals surface area contributed by atoms with Crippen molar-refractivity contribution in [3.63, 3.8) is 0 Å². The van der Waals surface area contributed by atoms with Crippen molar-refractivity contribution in [2.45, 2.75) is 96.1 Å². The highest BCUT2D eigenvalue weighted by Crippen LogP contribution is 2.57. The number of alkyl halides is 3. The maximum absolute atomic E-state index is 12.9. The molecule has 3 N–H and O–H groups in total. The molecule has 2 fully saturated rings. The van der Waals surface area contributed by atoms with Crippen LogP contribution in [0.3, 0.4) is 0 Å². The molecule has 0 aromatic carbocycles. The van der Waals surface area contributed by atoms with Crippen molar-refractivity contribution < 1.29 is 28.5 Å². The molecule has 0 aromatic rings. The molecule has 6 heteroatoms. The van der Waals surface area contributed by atoms with Crippen LogP contribution in [-0.4, -0.2) is 39.3 Å². The molecular formula is C26H37F3O3. The molecule has 2 saturated carbocycles. The van der Waals surface area contributed by atoms with Crippen molar-refractivity contribution >= 4 is 0 Å². The van der Waals surface area contributed by atoms with Gasteiger partial charge in [0.2, 0.25) is 0 Å². The molecule has 3 aliphatic carbocycles. The molecule has 0 unspecified atom stereocenters. The first-order valence-electron chi connectivity index (χ1n) is 11.8. The van der Waals surface area contributed by atoms with Crippen LogP contribution < -0.4 is 0 Å². The highest BCUT2D eigenvalue weighted by atomic mass is 19.4. The van der Waals surface area contributed by atoms with Crippen LogP contribution in [0, 0.1) is 17.3 Å². The van der Waals surface area contributed by atoms with Crippen LogP contribution in [0.25, 0.3) is 0 Å². The highest BCUT2D eigenvalue weighted by Gasteiger charge is 2.48. The fraction of sp³-hybridized carbons (Fsp3) is 0.692. The molecule has 0 bridgehead atoms. The largest absolute Gasteiger partial charge is 0.420 e. The van der Waals surface area contributed by atoms with Gasteiger partial charge in [-0.05, 0) is 81.6 Å². The summed E-state index contributed by atoms with van der Waals surface area (Å²) < 4.78 is 38.6. The first-order chi connectivity index (χ1) is 14.8. The summed E-state index contributed by atoms with van der Waals surface area (Å²) in [6, 6.07) is 0. The number of aliphatic hydroxyl groups is 3. The molecule has 6 atom stereocenters. The van der Waals surface area contributed by atoms with Crippen LogP contribution in [0.4, 0.5) is 13.2 Å². The SMILES string of the molecule is C[C@H](C/C=C/[C@](C)(O)C(F)(F)F)C1=CC[C@H]2/C(=C/C=C3C[C@@H](O)C[C@H](O)C3)CCC[C@]12C. The lowest BCUT2D eigenvalue weighted by Crippen LogP contribution is -2.40. The summed E-state index contributed by atoms with van der Waals surface area (Å²) in [5.41, 5.74) is 0.957. The van der Waals surface area contributed by atoms with Gasteiger partial charge in [0.05, 0.1) is 12.2 Å². The number of halogens is 3. The van der Waals surface area contributed by atoms with E-state index in [4.69, 9.17) is 0 Å². The van der Waals surface area contributed by atoms with Crippen molar-refractivity contribution in [2.24, 2.45) is 17.3 Å². The van der Waals surface area contributed by atoms with Crippen LogP contribution in [0.1, 0.15) is 72.1 Å². The van der Waals surface area contributed by atoms with Crippen molar-refractivity contribution in [3.05, 3.63) is 47.1 Å². The first kappa shape index (κ1) is 25.3. The third-order valence-electron chi connectivity index (χ3n) is 7.72. The summed E-state index contributed by atoms with van der Waals surface area (Å²) in [4.78, 5) is 0. The van der Waals surface area contributed by atoms with Crippen LogP contribution in [0.5, 0.6) is 0 Å². The maximum Gasteiger partial charge on any atom is 0.420 e. The Morgan fingerprint density at radius 1 is 1.19 bits per heavy atom. The summed E-state index contributed by atoms with van der Waals surface area (Å²) >= 11 is 0. The van der Waals surface area contributed by atoms with Crippen molar-refractivity contribution in [3.8, 4) is 0 Å². The molecule has 0 heterocycles. The number of hydrogen-bond donors (Lipinski definition) is 3. The minimum absolute atomic E-state index is 0.00597. The smallest absolute Gasteiger partial charge is 0.393 e. The topological polar surface area (TPSA) is 60.7 Å². The first-order valence-corrected chi connectivity index (χ1v) is 11.8. The van der Waals surface area contributed by atoms with E-state index in [9.17, 15) is 28.5 Å². The molecule has 180 valence electrons. The fourth-order valence-corrected chi connectivity index (χ4v) is 5.87. The normalized spacial score (nSPS) is 35.5. The number of rotatable bonds is 5. The average molecular weight is 455 g/mol. The van der Waals surface area contributed by atoms with Gasteiger partial charge in [0.1, 0.15) is 0 Å². The number of hydrogen-bond acceptors (Lipinski definition) is 3. The van der Waals surface area contributed by atoms with E-state index in [0.29, 0.717) is 31.6 Å². The Hall–Kier alpha value is -1.37. The van der Waals surface area contributed by atoms with E-state index in [1.54, 1.807) is 0 Å². The number of allylic oxidation sites excluding steroid dienone is 6. The fourth-order valence-electron chi connectivity index (χ4n) is 5.87. The van der Waals surface area contributed by atoms with E-state index < -0.39 is 24.0 Å². The van der Waals surface area contributed by atoms with Gasteiger partial charge in [-0.2, -0.15) is 13.2 Å². The molecule has 3 nitrogen and oxygen atoms in total. The van der Waals surface area contributed by atoms with Crippen LogP contribution in [0.15, 0.2) is 47.1 Å². The zero-order valence-corrected chi connectivity index (χ0v) is 19.3. The lowest BCUT2D eigenvalue weighted by Gasteiger charge is -2.42. The molecule has 0 spiro atoms. The molecule has 32 heavy (non-hydrogen) atoms. The molecular weight excluding hydrogens is 417 g/mol. The molecule has 0 amide bonds. The minimum Gasteiger partial charge on any atom is -0.393 e. The molecule has 0 aliphatic heterocycles. The van der Waals surface area contributed by atoms with Gasteiger partial charge in [-0.25, -0.2) is 0 Å². The third-order valence-corrected chi connectivity index (χ3v) is 7.72. The van der Waals surface area contributed by atoms with Gasteiger partial charge >= 0.3 is 6.18 Å². The van der Waals surface area contributed by atoms with Crippen LogP contribution in [-0.2, 0) is 0 Å². The zero-order valence-electron chi connectivity index (χ0n) is 19.3. The second-order valence-electron chi connectivity index (χ2n) is 10.4. The van der Waals surface area contributed by atoms with E-state index in [0.717, 1.165) is 44.3 Å². The van der Waals surface area contributed by atoms with E-state index in [-0.39, 0.29) is 11.3 Å². The van der Waals surface area contributed by atoms with E-state index >= 15 is 0 Å². The van der Waals surface area contributed by atoms with Crippen molar-refractivity contribution in [2.75, 3.05) is 0 Å². The Bertz CT molecular complexity index is 794. The Morgan fingerprint density at radius 2 is 1.84 bits per heavy atom. The van der Waals surface area contributed by atoms with Gasteiger partial charge in [-0.15, -0.1) is 0 Å². The standard InChI is InChI=1S/C26H37F3O3/c1-17(6-4-13-25(3,32)26(27,28)29)22-10-11-23-19(7-5-12-24(22,23)2)9-8-18-14-20(30)16-21(31)15-18/h4,8-10,13,17,20-21,23,30-32H,5-7,11-12,14-16H2,1-3H3/b13-4+,19-9+/t17-,20-,21-,23+,24-,25+/m1/s1. The number of aliphatic hydroxyl groups excluding tert-OH is 2. The second kappa shape index (κ2) is 9.47. The zero-order chi connectivity index (χ0) is 23.7. The van der Waals surface area contributed by atoms with Crippen LogP contribution >= 0.6 is 0 Å². The van der Waals surface area contributed by atoms with E-state index in [2.05, 4.69) is 32.1 Å².